The van der Waals surface area contributed by atoms with E-state index in [4.69, 9.17) is 0 Å². The highest BCUT2D eigenvalue weighted by Gasteiger charge is 2.06. The predicted octanol–water partition coefficient (Wildman–Crippen LogP) is 3.55. The predicted molar refractivity (Wildman–Crippen MR) is 94.7 cm³/mol. The Hall–Kier alpha value is -2.14. The molecule has 0 aliphatic carbocycles. The van der Waals surface area contributed by atoms with Crippen molar-refractivity contribution < 1.29 is 4.79 Å². The van der Waals surface area contributed by atoms with Gasteiger partial charge in [0.05, 0.1) is 11.2 Å². The molecule has 2 aromatic heterocycles. The zero-order valence-corrected chi connectivity index (χ0v) is 14.1. The van der Waals surface area contributed by atoms with E-state index in [0.717, 1.165) is 25.1 Å². The fourth-order valence-electron chi connectivity index (χ4n) is 2.69. The van der Waals surface area contributed by atoms with Crippen LogP contribution in [-0.4, -0.2) is 22.0 Å². The number of amides is 1. The van der Waals surface area contributed by atoms with Crippen LogP contribution in [-0.2, 0) is 17.8 Å². The van der Waals surface area contributed by atoms with E-state index in [1.54, 1.807) is 11.3 Å². The van der Waals surface area contributed by atoms with Crippen LogP contribution in [0.5, 0.6) is 0 Å². The maximum absolute atomic E-state index is 11.9. The molecular weight excluding hydrogens is 306 g/mol. The lowest BCUT2D eigenvalue weighted by Gasteiger charge is -2.07. The highest BCUT2D eigenvalue weighted by atomic mass is 32.1. The molecular formula is C18H21N3OS. The lowest BCUT2D eigenvalue weighted by molar-refractivity contribution is -0.121. The second-order valence-corrected chi connectivity index (χ2v) is 6.57. The molecule has 5 heteroatoms. The first-order chi connectivity index (χ1) is 11.2. The Bertz CT molecular complexity index is 790. The van der Waals surface area contributed by atoms with Gasteiger partial charge in [-0.15, -0.1) is 11.3 Å². The minimum Gasteiger partial charge on any atom is -0.356 e. The van der Waals surface area contributed by atoms with Crippen LogP contribution in [0.2, 0.25) is 0 Å². The first kappa shape index (κ1) is 15.7. The number of benzene rings is 1. The summed E-state index contributed by atoms with van der Waals surface area (Å²) in [7, 11) is 0. The van der Waals surface area contributed by atoms with E-state index in [2.05, 4.69) is 51.4 Å². The van der Waals surface area contributed by atoms with Crippen molar-refractivity contribution >= 4 is 28.1 Å². The highest BCUT2D eigenvalue weighted by molar-refractivity contribution is 7.09. The van der Waals surface area contributed by atoms with E-state index in [0.29, 0.717) is 13.0 Å². The van der Waals surface area contributed by atoms with Crippen LogP contribution in [0, 0.1) is 6.92 Å². The van der Waals surface area contributed by atoms with Crippen molar-refractivity contribution in [2.75, 3.05) is 6.54 Å². The Balaban J connectivity index is 1.39. The smallest absolute Gasteiger partial charge is 0.220 e. The van der Waals surface area contributed by atoms with E-state index in [-0.39, 0.29) is 5.91 Å². The number of aromatic nitrogens is 2. The van der Waals surface area contributed by atoms with E-state index in [1.165, 1.54) is 15.8 Å². The Labute approximate surface area is 140 Å². The summed E-state index contributed by atoms with van der Waals surface area (Å²) >= 11 is 1.62. The number of thiazole rings is 1. The molecule has 1 N–H and O–H groups in total. The SMILES string of the molecule is Cc1ncsc1CCC(=O)NCCCn1ccc2ccccc21. The Morgan fingerprint density at radius 2 is 2.17 bits per heavy atom. The molecule has 0 unspecified atom stereocenters. The summed E-state index contributed by atoms with van der Waals surface area (Å²) in [6.45, 7) is 3.62. The van der Waals surface area contributed by atoms with Crippen molar-refractivity contribution in [3.8, 4) is 0 Å². The van der Waals surface area contributed by atoms with Crippen molar-refractivity contribution in [2.24, 2.45) is 0 Å². The summed E-state index contributed by atoms with van der Waals surface area (Å²) in [4.78, 5) is 17.3. The molecule has 3 rings (SSSR count). The van der Waals surface area contributed by atoms with Crippen LogP contribution in [0.15, 0.2) is 42.0 Å². The Kier molecular flexibility index (Phi) is 5.08. The third-order valence-electron chi connectivity index (χ3n) is 4.00. The van der Waals surface area contributed by atoms with Gasteiger partial charge >= 0.3 is 0 Å². The van der Waals surface area contributed by atoms with Crippen molar-refractivity contribution in [1.29, 1.82) is 0 Å². The van der Waals surface area contributed by atoms with Crippen LogP contribution in [0.4, 0.5) is 0 Å². The highest BCUT2D eigenvalue weighted by Crippen LogP contribution is 2.15. The van der Waals surface area contributed by atoms with Gasteiger partial charge in [0, 0.05) is 36.1 Å². The summed E-state index contributed by atoms with van der Waals surface area (Å²) in [5.74, 6) is 0.121. The zero-order valence-electron chi connectivity index (χ0n) is 13.3. The lowest BCUT2D eigenvalue weighted by atomic mass is 10.2. The fourth-order valence-corrected chi connectivity index (χ4v) is 3.48. The van der Waals surface area contributed by atoms with E-state index >= 15 is 0 Å². The number of carbonyl (C=O) groups is 1. The third-order valence-corrected chi connectivity index (χ3v) is 5.00. The molecule has 0 saturated carbocycles. The first-order valence-electron chi connectivity index (χ1n) is 7.93. The van der Waals surface area contributed by atoms with Crippen LogP contribution in [0.3, 0.4) is 0 Å². The van der Waals surface area contributed by atoms with Gasteiger partial charge in [-0.25, -0.2) is 4.98 Å². The van der Waals surface area contributed by atoms with E-state index < -0.39 is 0 Å². The molecule has 0 bridgehead atoms. The maximum atomic E-state index is 11.9. The first-order valence-corrected chi connectivity index (χ1v) is 8.81. The molecule has 1 aromatic carbocycles. The molecule has 1 amide bonds. The third kappa shape index (κ3) is 3.99. The molecule has 120 valence electrons. The largest absolute Gasteiger partial charge is 0.356 e. The number of rotatable bonds is 7. The molecule has 23 heavy (non-hydrogen) atoms. The number of carbonyl (C=O) groups excluding carboxylic acids is 1. The van der Waals surface area contributed by atoms with Gasteiger partial charge in [-0.2, -0.15) is 0 Å². The number of nitrogens with zero attached hydrogens (tertiary/aromatic N) is 2. The normalized spacial score (nSPS) is 11.0. The standard InChI is InChI=1S/C18H21N3OS/c1-14-17(23-13-20-14)7-8-18(22)19-10-4-11-21-12-9-15-5-2-3-6-16(15)21/h2-3,5-6,9,12-13H,4,7-8,10-11H2,1H3,(H,19,22). The zero-order chi connectivity index (χ0) is 16.1. The minimum absolute atomic E-state index is 0.121. The second kappa shape index (κ2) is 7.42. The minimum atomic E-state index is 0.121. The van der Waals surface area contributed by atoms with E-state index in [1.807, 2.05) is 12.4 Å². The van der Waals surface area contributed by atoms with Crippen molar-refractivity contribution in [3.63, 3.8) is 0 Å². The molecule has 0 spiro atoms. The summed E-state index contributed by atoms with van der Waals surface area (Å²) in [6, 6.07) is 10.5. The molecule has 0 aliphatic rings. The number of para-hydroxylation sites is 1. The van der Waals surface area contributed by atoms with Gasteiger partial charge in [-0.3, -0.25) is 4.79 Å². The molecule has 3 aromatic rings. The molecule has 2 heterocycles. The van der Waals surface area contributed by atoms with Gasteiger partial charge in [-0.05, 0) is 37.3 Å². The van der Waals surface area contributed by atoms with Crippen LogP contribution < -0.4 is 5.32 Å². The molecule has 0 saturated heterocycles. The van der Waals surface area contributed by atoms with Crippen molar-refractivity contribution in [1.82, 2.24) is 14.9 Å². The van der Waals surface area contributed by atoms with Gasteiger partial charge in [0.1, 0.15) is 0 Å². The summed E-state index contributed by atoms with van der Waals surface area (Å²) in [5, 5.41) is 4.27. The lowest BCUT2D eigenvalue weighted by Crippen LogP contribution is -2.25. The van der Waals surface area contributed by atoms with Gasteiger partial charge in [0.2, 0.25) is 5.91 Å². The van der Waals surface area contributed by atoms with Gasteiger partial charge in [0.25, 0.3) is 0 Å². The summed E-state index contributed by atoms with van der Waals surface area (Å²) in [6.07, 6.45) is 4.36. The summed E-state index contributed by atoms with van der Waals surface area (Å²) in [5.41, 5.74) is 4.13. The average molecular weight is 327 g/mol. The molecule has 0 aliphatic heterocycles. The van der Waals surface area contributed by atoms with E-state index in [9.17, 15) is 4.79 Å². The van der Waals surface area contributed by atoms with Crippen LogP contribution >= 0.6 is 11.3 Å². The van der Waals surface area contributed by atoms with Crippen molar-refractivity contribution in [2.45, 2.75) is 32.7 Å². The molecule has 4 nitrogen and oxygen atoms in total. The van der Waals surface area contributed by atoms with Gasteiger partial charge in [0.15, 0.2) is 0 Å². The Morgan fingerprint density at radius 1 is 1.30 bits per heavy atom. The number of hydrogen-bond acceptors (Lipinski definition) is 3. The number of hydrogen-bond donors (Lipinski definition) is 1. The van der Waals surface area contributed by atoms with Gasteiger partial charge in [-0.1, -0.05) is 18.2 Å². The molecule has 0 fully saturated rings. The fraction of sp³-hybridized carbons (Fsp3) is 0.333. The molecule has 0 atom stereocenters. The quantitative estimate of drug-likeness (QED) is 0.675. The number of fused-ring (bicyclic) bond motifs is 1. The number of nitrogens with one attached hydrogen (secondary N) is 1. The van der Waals surface area contributed by atoms with Crippen LogP contribution in [0.25, 0.3) is 10.9 Å². The monoisotopic (exact) mass is 327 g/mol. The second-order valence-electron chi connectivity index (χ2n) is 5.63. The average Bonchev–Trinajstić information content (AvgIpc) is 3.16. The molecule has 0 radical (unpaired) electrons. The van der Waals surface area contributed by atoms with Crippen LogP contribution in [0.1, 0.15) is 23.4 Å². The number of aryl methyl sites for hydroxylation is 3. The topological polar surface area (TPSA) is 46.9 Å². The Morgan fingerprint density at radius 3 is 3.00 bits per heavy atom. The van der Waals surface area contributed by atoms with Crippen molar-refractivity contribution in [3.05, 3.63) is 52.6 Å². The van der Waals surface area contributed by atoms with Gasteiger partial charge < -0.3 is 9.88 Å². The summed E-state index contributed by atoms with van der Waals surface area (Å²) < 4.78 is 2.24. The maximum Gasteiger partial charge on any atom is 0.220 e.